The Morgan fingerprint density at radius 1 is 0.362 bits per heavy atom. The van der Waals surface area contributed by atoms with Crippen molar-refractivity contribution in [1.82, 2.24) is 19.9 Å². The Kier molecular flexibility index (Phi) is 8.70. The van der Waals surface area contributed by atoms with E-state index >= 15 is 26.3 Å². The normalized spacial score (nSPS) is 12.1. The van der Waals surface area contributed by atoms with E-state index in [1.807, 2.05) is 0 Å². The van der Waals surface area contributed by atoms with Gasteiger partial charge in [0.1, 0.15) is 0 Å². The van der Waals surface area contributed by atoms with E-state index in [4.69, 9.17) is 0 Å². The quantitative estimate of drug-likeness (QED) is 0.0715. The molecule has 0 aliphatic carbocycles. The molecule has 3 N–H and O–H groups in total. The second-order valence-corrected chi connectivity index (χ2v) is 12.4. The summed E-state index contributed by atoms with van der Waals surface area (Å²) in [5, 5.41) is 0. The zero-order valence-corrected chi connectivity index (χ0v) is 27.6. The summed E-state index contributed by atoms with van der Waals surface area (Å²) in [5.74, 6) is -37.3. The third kappa shape index (κ3) is 5.30. The fourth-order valence-corrected chi connectivity index (χ4v) is 6.61. The number of hydrogen-bond donors (Lipinski definition) is 3. The zero-order chi connectivity index (χ0) is 41.8. The summed E-state index contributed by atoms with van der Waals surface area (Å²) in [6.45, 7) is 0. The third-order valence-electron chi connectivity index (χ3n) is 9.23. The van der Waals surface area contributed by atoms with E-state index in [0.29, 0.717) is 0 Å². The minimum Gasteiger partial charge on any atom is -0.354 e. The summed E-state index contributed by atoms with van der Waals surface area (Å²) in [5.41, 5.74) is -13.6. The summed E-state index contributed by atoms with van der Waals surface area (Å²) in [6, 6.07) is 4.66. The van der Waals surface area contributed by atoms with Crippen LogP contribution in [0.5, 0.6) is 0 Å². The molecule has 8 bridgehead atoms. The van der Waals surface area contributed by atoms with E-state index in [2.05, 4.69) is 19.9 Å². The molecule has 1 aliphatic heterocycles. The molecule has 20 heteroatoms. The molecule has 0 radical (unpaired) electrons. The molecule has 8 rings (SSSR count). The van der Waals surface area contributed by atoms with E-state index in [-0.39, 0.29) is 17.3 Å². The van der Waals surface area contributed by atoms with Crippen molar-refractivity contribution in [3.05, 3.63) is 135 Å². The van der Waals surface area contributed by atoms with Gasteiger partial charge in [0, 0.05) is 38.8 Å². The average Bonchev–Trinajstić information content (AvgIpc) is 4.05. The van der Waals surface area contributed by atoms with E-state index in [1.54, 1.807) is 0 Å². The molecule has 0 saturated carbocycles. The van der Waals surface area contributed by atoms with Gasteiger partial charge in [-0.05, 0) is 42.5 Å². The van der Waals surface area contributed by atoms with Crippen molar-refractivity contribution < 1.29 is 70.7 Å². The highest BCUT2D eigenvalue weighted by atomic mass is 19.2. The van der Waals surface area contributed by atoms with Crippen LogP contribution in [-0.2, 0) is 0 Å². The first-order valence-corrected chi connectivity index (χ1v) is 15.9. The van der Waals surface area contributed by atoms with Crippen LogP contribution in [0.15, 0.2) is 30.3 Å². The van der Waals surface area contributed by atoms with Crippen molar-refractivity contribution in [2.45, 2.75) is 0 Å². The van der Waals surface area contributed by atoms with Crippen molar-refractivity contribution in [2.24, 2.45) is 0 Å². The predicted octanol–water partition coefficient (Wildman–Crippen LogP) is 11.6. The maximum Gasteiger partial charge on any atom is 0.200 e. The van der Waals surface area contributed by atoms with E-state index < -0.39 is 160 Å². The van der Waals surface area contributed by atoms with Gasteiger partial charge in [-0.25, -0.2) is 70.8 Å². The summed E-state index contributed by atoms with van der Waals surface area (Å²) < 4.78 is 224. The number of fused-ring (bicyclic) bond motifs is 9. The molecule has 0 unspecified atom stereocenters. The Balaban J connectivity index is 1.68. The van der Waals surface area contributed by atoms with E-state index in [0.717, 1.165) is 42.5 Å². The summed E-state index contributed by atoms with van der Waals surface area (Å²) >= 11 is 0. The van der Waals surface area contributed by atoms with Gasteiger partial charge in [0.2, 0.25) is 17.5 Å². The topological polar surface area (TPSA) is 77.3 Å². The Morgan fingerprint density at radius 3 is 1.12 bits per heavy atom. The molecule has 294 valence electrons. The van der Waals surface area contributed by atoms with Crippen LogP contribution >= 0.6 is 0 Å². The lowest BCUT2D eigenvalue weighted by atomic mass is 10.00. The van der Waals surface area contributed by atoms with Gasteiger partial charge in [-0.1, -0.05) is 0 Å². The largest absolute Gasteiger partial charge is 0.354 e. The molecular weight excluding hydrogens is 813 g/mol. The maximum absolute atomic E-state index is 15.6. The number of rotatable bonds is 4. The van der Waals surface area contributed by atoms with Crippen molar-refractivity contribution in [3.8, 4) is 33.4 Å². The maximum atomic E-state index is 15.6. The number of H-pyrrole nitrogens is 3. The highest BCUT2D eigenvalue weighted by Crippen LogP contribution is 2.43. The Labute approximate surface area is 310 Å². The molecule has 3 aromatic carbocycles. The number of carbonyl (C=O) groups is 1. The summed E-state index contributed by atoms with van der Waals surface area (Å²) in [7, 11) is 0. The standard InChI is InChI=1S/C38H11F15N4O/c39-23-20(24(40)30(46)35(51)29(23)45)17-11-2-1-10(54-11)16-7-9(8-58)38(57-16)19(22-27(43)33(49)37(53)34(50)28(22)44)15-6-5-14(56-15)18(13-4-3-12(17)55-13)21-25(41)31(47)36(52)32(48)26(21)42/h1-8,54-55,57H. The van der Waals surface area contributed by atoms with Gasteiger partial charge in [-0.15, -0.1) is 0 Å². The first-order chi connectivity index (χ1) is 27.5. The number of benzene rings is 3. The first-order valence-electron chi connectivity index (χ1n) is 15.9. The fraction of sp³-hybridized carbons (Fsp3) is 0. The smallest absolute Gasteiger partial charge is 0.200 e. The number of aromatic nitrogens is 4. The molecule has 0 saturated heterocycles. The van der Waals surface area contributed by atoms with Crippen molar-refractivity contribution in [2.75, 3.05) is 0 Å². The monoisotopic (exact) mass is 824 g/mol. The molecule has 0 amide bonds. The molecule has 5 heterocycles. The van der Waals surface area contributed by atoms with Crippen LogP contribution in [0.25, 0.3) is 78.6 Å². The summed E-state index contributed by atoms with van der Waals surface area (Å²) in [4.78, 5) is 23.9. The highest BCUT2D eigenvalue weighted by molar-refractivity contribution is 6.04. The van der Waals surface area contributed by atoms with Crippen LogP contribution < -0.4 is 0 Å². The van der Waals surface area contributed by atoms with Crippen molar-refractivity contribution in [1.29, 1.82) is 0 Å². The highest BCUT2D eigenvalue weighted by Gasteiger charge is 2.33. The van der Waals surface area contributed by atoms with Crippen LogP contribution in [-0.4, -0.2) is 26.2 Å². The SMILES string of the molecule is O=Cc1cc2[nH]c1c(-c1c(F)c(F)c(F)c(F)c1F)c1nc(c(-c3c(F)c(F)c(F)c(F)c3F)c3ccc([nH]3)c(-c3c(F)c(F)c(F)c(F)c3F)c3ccc2[nH]3)C=C1. The first kappa shape index (κ1) is 37.9. The average molecular weight is 825 g/mol. The molecule has 0 fully saturated rings. The van der Waals surface area contributed by atoms with Gasteiger partial charge < -0.3 is 15.0 Å². The second-order valence-electron chi connectivity index (χ2n) is 12.4. The van der Waals surface area contributed by atoms with Gasteiger partial charge in [0.25, 0.3) is 0 Å². The molecule has 1 aliphatic rings. The molecular formula is C38H11F15N4O. The molecule has 58 heavy (non-hydrogen) atoms. The van der Waals surface area contributed by atoms with Crippen molar-refractivity contribution in [3.63, 3.8) is 0 Å². The fourth-order valence-electron chi connectivity index (χ4n) is 6.61. The summed E-state index contributed by atoms with van der Waals surface area (Å²) in [6.07, 6.45) is 1.52. The van der Waals surface area contributed by atoms with Crippen molar-refractivity contribution >= 4 is 51.5 Å². The molecule has 0 spiro atoms. The Morgan fingerprint density at radius 2 is 0.690 bits per heavy atom. The number of hydrogen-bond acceptors (Lipinski definition) is 2. The Hall–Kier alpha value is -6.99. The lowest BCUT2D eigenvalue weighted by Crippen LogP contribution is -2.06. The van der Waals surface area contributed by atoms with Gasteiger partial charge in [-0.3, -0.25) is 4.79 Å². The van der Waals surface area contributed by atoms with Crippen LogP contribution in [0.2, 0.25) is 0 Å². The lowest BCUT2D eigenvalue weighted by Gasteiger charge is -2.11. The molecule has 0 atom stereocenters. The minimum atomic E-state index is -2.63. The minimum absolute atomic E-state index is 0.0384. The zero-order valence-electron chi connectivity index (χ0n) is 27.6. The van der Waals surface area contributed by atoms with Crippen LogP contribution in [0.4, 0.5) is 65.9 Å². The number of halogens is 15. The number of carbonyl (C=O) groups excluding carboxylic acids is 1. The second kappa shape index (κ2) is 13.3. The Bertz CT molecular complexity index is 3080. The lowest BCUT2D eigenvalue weighted by molar-refractivity contribution is 0.112. The van der Waals surface area contributed by atoms with Gasteiger partial charge in [0.15, 0.2) is 76.1 Å². The van der Waals surface area contributed by atoms with Crippen LogP contribution in [0, 0.1) is 87.3 Å². The number of nitrogens with zero attached hydrogens (tertiary/aromatic N) is 1. The molecule has 7 aromatic rings. The van der Waals surface area contributed by atoms with Crippen LogP contribution in [0.1, 0.15) is 21.7 Å². The van der Waals surface area contributed by atoms with Gasteiger partial charge in [0.05, 0.1) is 44.6 Å². The molecule has 4 aromatic heterocycles. The van der Waals surface area contributed by atoms with Crippen LogP contribution in [0.3, 0.4) is 0 Å². The number of aromatic amines is 3. The van der Waals surface area contributed by atoms with E-state index in [9.17, 15) is 44.3 Å². The van der Waals surface area contributed by atoms with E-state index in [1.165, 1.54) is 0 Å². The van der Waals surface area contributed by atoms with Gasteiger partial charge >= 0.3 is 0 Å². The third-order valence-corrected chi connectivity index (χ3v) is 9.23. The predicted molar refractivity (Wildman–Crippen MR) is 176 cm³/mol. The number of aldehydes is 1. The van der Waals surface area contributed by atoms with Gasteiger partial charge in [-0.2, -0.15) is 0 Å². The molecule has 5 nitrogen and oxygen atoms in total. The number of nitrogens with one attached hydrogen (secondary N) is 3.